The Morgan fingerprint density at radius 1 is 1.37 bits per heavy atom. The fourth-order valence-corrected chi connectivity index (χ4v) is 3.36. The number of benzene rings is 1. The van der Waals surface area contributed by atoms with Crippen LogP contribution in [0.1, 0.15) is 42.5 Å². The van der Waals surface area contributed by atoms with Gasteiger partial charge in [-0.25, -0.2) is 0 Å². The lowest BCUT2D eigenvalue weighted by atomic mass is 9.83. The second kappa shape index (κ2) is 6.14. The van der Waals surface area contributed by atoms with Crippen molar-refractivity contribution in [2.45, 2.75) is 37.6 Å². The molecule has 1 aromatic rings. The molecule has 0 aromatic heterocycles. The maximum absolute atomic E-state index is 12.3. The Hall–Kier alpha value is -0.740. The predicted octanol–water partition coefficient (Wildman–Crippen LogP) is 3.87. The van der Waals surface area contributed by atoms with Crippen molar-refractivity contribution in [2.24, 2.45) is 0 Å². The molecule has 19 heavy (non-hydrogen) atoms. The number of aromatic hydroxyl groups is 1. The van der Waals surface area contributed by atoms with E-state index in [1.54, 1.807) is 6.07 Å². The SMILES string of the molecule is O=C(NC1(CBr)CCCCC1)c1ccc(O)c(Cl)c1. The normalized spacial score (nSPS) is 18.0. The molecule has 1 aromatic carbocycles. The minimum Gasteiger partial charge on any atom is -0.506 e. The number of hydrogen-bond donors (Lipinski definition) is 2. The van der Waals surface area contributed by atoms with Crippen molar-refractivity contribution in [1.29, 1.82) is 0 Å². The molecule has 1 amide bonds. The van der Waals surface area contributed by atoms with E-state index in [9.17, 15) is 9.90 Å². The summed E-state index contributed by atoms with van der Waals surface area (Å²) < 4.78 is 0. The quantitative estimate of drug-likeness (QED) is 0.816. The lowest BCUT2D eigenvalue weighted by molar-refractivity contribution is 0.0886. The zero-order valence-corrected chi connectivity index (χ0v) is 12.9. The first kappa shape index (κ1) is 14.7. The van der Waals surface area contributed by atoms with Crippen LogP contribution in [0.25, 0.3) is 0 Å². The summed E-state index contributed by atoms with van der Waals surface area (Å²) in [5.74, 6) is -0.144. The molecule has 1 aliphatic rings. The highest BCUT2D eigenvalue weighted by atomic mass is 79.9. The lowest BCUT2D eigenvalue weighted by Crippen LogP contribution is -2.51. The Morgan fingerprint density at radius 2 is 2.05 bits per heavy atom. The molecule has 0 atom stereocenters. The fraction of sp³-hybridized carbons (Fsp3) is 0.500. The molecule has 2 N–H and O–H groups in total. The van der Waals surface area contributed by atoms with E-state index in [-0.39, 0.29) is 22.2 Å². The van der Waals surface area contributed by atoms with Crippen LogP contribution >= 0.6 is 27.5 Å². The highest BCUT2D eigenvalue weighted by Gasteiger charge is 2.32. The van der Waals surface area contributed by atoms with E-state index >= 15 is 0 Å². The number of carbonyl (C=O) groups excluding carboxylic acids is 1. The molecular weight excluding hydrogens is 330 g/mol. The third-order valence-corrected chi connectivity index (χ3v) is 5.03. The van der Waals surface area contributed by atoms with Crippen molar-refractivity contribution in [3.8, 4) is 5.75 Å². The summed E-state index contributed by atoms with van der Waals surface area (Å²) in [6.45, 7) is 0. The highest BCUT2D eigenvalue weighted by molar-refractivity contribution is 9.09. The standard InChI is InChI=1S/C14H17BrClNO2/c15-9-14(6-2-1-3-7-14)17-13(19)10-4-5-12(18)11(16)8-10/h4-5,8,18H,1-3,6-7,9H2,(H,17,19). The molecule has 0 saturated heterocycles. The largest absolute Gasteiger partial charge is 0.506 e. The van der Waals surface area contributed by atoms with Crippen molar-refractivity contribution >= 4 is 33.4 Å². The van der Waals surface area contributed by atoms with Gasteiger partial charge in [-0.05, 0) is 31.0 Å². The van der Waals surface area contributed by atoms with Crippen molar-refractivity contribution in [3.63, 3.8) is 0 Å². The number of amides is 1. The molecule has 104 valence electrons. The Balaban J connectivity index is 2.12. The summed E-state index contributed by atoms with van der Waals surface area (Å²) in [7, 11) is 0. The van der Waals surface area contributed by atoms with Gasteiger partial charge in [-0.1, -0.05) is 46.8 Å². The minimum atomic E-state index is -0.153. The van der Waals surface area contributed by atoms with Crippen LogP contribution in [0, 0.1) is 0 Å². The molecule has 1 fully saturated rings. The van der Waals surface area contributed by atoms with Crippen molar-refractivity contribution < 1.29 is 9.90 Å². The lowest BCUT2D eigenvalue weighted by Gasteiger charge is -2.36. The number of hydrogen-bond acceptors (Lipinski definition) is 2. The predicted molar refractivity (Wildman–Crippen MR) is 80.2 cm³/mol. The van der Waals surface area contributed by atoms with Gasteiger partial charge in [-0.3, -0.25) is 4.79 Å². The Bertz CT molecular complexity index is 473. The molecular formula is C14H17BrClNO2. The van der Waals surface area contributed by atoms with E-state index in [1.807, 2.05) is 0 Å². The molecule has 0 heterocycles. The maximum Gasteiger partial charge on any atom is 0.251 e. The average molecular weight is 347 g/mol. The van der Waals surface area contributed by atoms with Gasteiger partial charge in [0, 0.05) is 10.9 Å². The summed E-state index contributed by atoms with van der Waals surface area (Å²) in [6, 6.07) is 4.53. The number of rotatable bonds is 3. The fourth-order valence-electron chi connectivity index (χ4n) is 2.48. The number of phenols is 1. The maximum atomic E-state index is 12.3. The summed E-state index contributed by atoms with van der Waals surface area (Å²) in [4.78, 5) is 12.3. The Kier molecular flexibility index (Phi) is 4.74. The van der Waals surface area contributed by atoms with E-state index in [2.05, 4.69) is 21.2 Å². The van der Waals surface area contributed by atoms with Crippen molar-refractivity contribution in [3.05, 3.63) is 28.8 Å². The first-order valence-electron chi connectivity index (χ1n) is 6.43. The molecule has 0 radical (unpaired) electrons. The third kappa shape index (κ3) is 3.42. The van der Waals surface area contributed by atoms with E-state index < -0.39 is 0 Å². The van der Waals surface area contributed by atoms with Crippen LogP contribution in [0.5, 0.6) is 5.75 Å². The number of carbonyl (C=O) groups is 1. The van der Waals surface area contributed by atoms with E-state index in [1.165, 1.54) is 18.6 Å². The van der Waals surface area contributed by atoms with Crippen LogP contribution in [-0.4, -0.2) is 21.9 Å². The van der Waals surface area contributed by atoms with Gasteiger partial charge in [0.1, 0.15) is 5.75 Å². The van der Waals surface area contributed by atoms with Crippen molar-refractivity contribution in [2.75, 3.05) is 5.33 Å². The molecule has 5 heteroatoms. The number of phenolic OH excluding ortho intramolecular Hbond substituents is 1. The summed E-state index contributed by atoms with van der Waals surface area (Å²) in [6.07, 6.45) is 5.51. The van der Waals surface area contributed by atoms with Crippen LogP contribution < -0.4 is 5.32 Å². The zero-order chi connectivity index (χ0) is 13.9. The molecule has 0 unspecified atom stereocenters. The average Bonchev–Trinajstić information content (AvgIpc) is 2.43. The Labute approximate surface area is 126 Å². The molecule has 2 rings (SSSR count). The molecule has 0 spiro atoms. The monoisotopic (exact) mass is 345 g/mol. The van der Waals surface area contributed by atoms with Crippen molar-refractivity contribution in [1.82, 2.24) is 5.32 Å². The van der Waals surface area contributed by atoms with Gasteiger partial charge in [0.25, 0.3) is 5.91 Å². The topological polar surface area (TPSA) is 49.3 Å². The third-order valence-electron chi connectivity index (χ3n) is 3.66. The van der Waals surface area contributed by atoms with Gasteiger partial charge < -0.3 is 10.4 Å². The van der Waals surface area contributed by atoms with E-state index in [4.69, 9.17) is 11.6 Å². The molecule has 3 nitrogen and oxygen atoms in total. The Morgan fingerprint density at radius 3 is 2.63 bits per heavy atom. The van der Waals surface area contributed by atoms with E-state index in [0.29, 0.717) is 5.56 Å². The first-order valence-corrected chi connectivity index (χ1v) is 7.93. The second-order valence-corrected chi connectivity index (χ2v) is 6.06. The summed E-state index contributed by atoms with van der Waals surface area (Å²) >= 11 is 9.34. The number of nitrogens with one attached hydrogen (secondary N) is 1. The van der Waals surface area contributed by atoms with Gasteiger partial charge in [-0.15, -0.1) is 0 Å². The van der Waals surface area contributed by atoms with Crippen LogP contribution in [-0.2, 0) is 0 Å². The van der Waals surface area contributed by atoms with Crippen LogP contribution in [0.4, 0.5) is 0 Å². The first-order chi connectivity index (χ1) is 9.06. The summed E-state index contributed by atoms with van der Waals surface area (Å²) in [5, 5.41) is 13.5. The molecule has 1 aliphatic carbocycles. The van der Waals surface area contributed by atoms with Crippen LogP contribution in [0.15, 0.2) is 18.2 Å². The number of halogens is 2. The van der Waals surface area contributed by atoms with Gasteiger partial charge in [-0.2, -0.15) is 0 Å². The highest BCUT2D eigenvalue weighted by Crippen LogP contribution is 2.30. The van der Waals surface area contributed by atoms with E-state index in [0.717, 1.165) is 31.0 Å². The van der Waals surface area contributed by atoms with Crippen LogP contribution in [0.3, 0.4) is 0 Å². The summed E-state index contributed by atoms with van der Waals surface area (Å²) in [5.41, 5.74) is 0.327. The minimum absolute atomic E-state index is 0.00825. The van der Waals surface area contributed by atoms with Gasteiger partial charge in [0.2, 0.25) is 0 Å². The second-order valence-electron chi connectivity index (χ2n) is 5.09. The number of alkyl halides is 1. The van der Waals surface area contributed by atoms with Crippen LogP contribution in [0.2, 0.25) is 5.02 Å². The smallest absolute Gasteiger partial charge is 0.251 e. The molecule has 0 aliphatic heterocycles. The van der Waals surface area contributed by atoms with Gasteiger partial charge in [0.15, 0.2) is 0 Å². The van der Waals surface area contributed by atoms with Gasteiger partial charge in [0.05, 0.1) is 10.6 Å². The van der Waals surface area contributed by atoms with Gasteiger partial charge >= 0.3 is 0 Å². The molecule has 0 bridgehead atoms. The zero-order valence-electron chi connectivity index (χ0n) is 10.6. The molecule has 1 saturated carbocycles.